The van der Waals surface area contributed by atoms with Crippen molar-refractivity contribution in [2.45, 2.75) is 6.42 Å². The number of benzene rings is 2. The van der Waals surface area contributed by atoms with E-state index in [4.69, 9.17) is 14.5 Å². The monoisotopic (exact) mass is 439 g/mol. The fourth-order valence-electron chi connectivity index (χ4n) is 3.42. The van der Waals surface area contributed by atoms with Gasteiger partial charge in [-0.15, -0.1) is 11.3 Å². The molecule has 158 valence electrons. The number of pyridine rings is 1. The number of rotatable bonds is 7. The average Bonchev–Trinajstić information content (AvgIpc) is 3.29. The second-order valence-electron chi connectivity index (χ2n) is 7.23. The third-order valence-corrected chi connectivity index (χ3v) is 6.20. The van der Waals surface area contributed by atoms with E-state index in [-0.39, 0.29) is 0 Å². The maximum absolute atomic E-state index is 5.87. The van der Waals surface area contributed by atoms with Crippen LogP contribution in [0.1, 0.15) is 5.69 Å². The molecular formula is C26H21N3O2S. The molecule has 0 aliphatic heterocycles. The number of hydrogen-bond acceptors (Lipinski definition) is 6. The fourth-order valence-corrected chi connectivity index (χ4v) is 4.39. The third-order valence-electron chi connectivity index (χ3n) is 5.09. The molecule has 0 radical (unpaired) electrons. The SMILES string of the molecule is COc1cccc(-c2ncc3sc(-c4ccc(OCCc5ccccn5)cc4)cc3n2)c1. The quantitative estimate of drug-likeness (QED) is 0.309. The lowest BCUT2D eigenvalue weighted by atomic mass is 10.2. The van der Waals surface area contributed by atoms with Crippen LogP contribution < -0.4 is 9.47 Å². The van der Waals surface area contributed by atoms with Gasteiger partial charge in [0.1, 0.15) is 11.5 Å². The van der Waals surface area contributed by atoms with Crippen molar-refractivity contribution < 1.29 is 9.47 Å². The molecule has 2 aromatic carbocycles. The van der Waals surface area contributed by atoms with Crippen molar-refractivity contribution in [1.29, 1.82) is 0 Å². The van der Waals surface area contributed by atoms with E-state index >= 15 is 0 Å². The van der Waals surface area contributed by atoms with Gasteiger partial charge >= 0.3 is 0 Å². The number of thiophene rings is 1. The Morgan fingerprint density at radius 2 is 1.75 bits per heavy atom. The maximum atomic E-state index is 5.87. The minimum Gasteiger partial charge on any atom is -0.497 e. The van der Waals surface area contributed by atoms with Gasteiger partial charge in [-0.2, -0.15) is 0 Å². The van der Waals surface area contributed by atoms with E-state index < -0.39 is 0 Å². The summed E-state index contributed by atoms with van der Waals surface area (Å²) in [6.07, 6.45) is 4.48. The number of methoxy groups -OCH3 is 1. The van der Waals surface area contributed by atoms with E-state index in [0.717, 1.165) is 49.8 Å². The maximum Gasteiger partial charge on any atom is 0.159 e. The lowest BCUT2D eigenvalue weighted by molar-refractivity contribution is 0.320. The Bertz CT molecular complexity index is 1330. The summed E-state index contributed by atoms with van der Waals surface area (Å²) in [7, 11) is 1.66. The van der Waals surface area contributed by atoms with E-state index in [1.54, 1.807) is 24.6 Å². The summed E-state index contributed by atoms with van der Waals surface area (Å²) in [5, 5.41) is 0. The third kappa shape index (κ3) is 4.45. The molecule has 0 spiro atoms. The van der Waals surface area contributed by atoms with Gasteiger partial charge in [0.2, 0.25) is 0 Å². The van der Waals surface area contributed by atoms with Crippen LogP contribution >= 0.6 is 11.3 Å². The van der Waals surface area contributed by atoms with Crippen molar-refractivity contribution in [2.24, 2.45) is 0 Å². The van der Waals surface area contributed by atoms with Gasteiger partial charge in [-0.3, -0.25) is 4.98 Å². The van der Waals surface area contributed by atoms with Gasteiger partial charge in [0.25, 0.3) is 0 Å². The van der Waals surface area contributed by atoms with Gasteiger partial charge in [0, 0.05) is 34.9 Å². The molecule has 5 nitrogen and oxygen atoms in total. The van der Waals surface area contributed by atoms with E-state index in [9.17, 15) is 0 Å². The van der Waals surface area contributed by atoms with Crippen LogP contribution in [0.3, 0.4) is 0 Å². The van der Waals surface area contributed by atoms with Gasteiger partial charge in [-0.1, -0.05) is 18.2 Å². The van der Waals surface area contributed by atoms with E-state index in [1.807, 2.05) is 60.8 Å². The summed E-state index contributed by atoms with van der Waals surface area (Å²) in [6.45, 7) is 0.599. The Labute approximate surface area is 190 Å². The summed E-state index contributed by atoms with van der Waals surface area (Å²) < 4.78 is 12.2. The van der Waals surface area contributed by atoms with Gasteiger partial charge in [-0.25, -0.2) is 9.97 Å². The molecule has 3 heterocycles. The highest BCUT2D eigenvalue weighted by Crippen LogP contribution is 2.34. The summed E-state index contributed by atoms with van der Waals surface area (Å²) in [4.78, 5) is 14.8. The molecule has 5 rings (SSSR count). The zero-order valence-corrected chi connectivity index (χ0v) is 18.4. The number of aromatic nitrogens is 3. The standard InChI is InChI=1S/C26H21N3O2S/c1-30-22-7-4-5-19(15-22)26-28-17-25-23(29-26)16-24(32-25)18-8-10-21(11-9-18)31-14-12-20-6-2-3-13-27-20/h2-11,13,15-17H,12,14H2,1H3. The first-order valence-electron chi connectivity index (χ1n) is 10.3. The van der Waals surface area contributed by atoms with Crippen molar-refractivity contribution in [3.8, 4) is 33.3 Å². The van der Waals surface area contributed by atoms with Gasteiger partial charge < -0.3 is 9.47 Å². The van der Waals surface area contributed by atoms with Crippen LogP contribution in [0.25, 0.3) is 32.0 Å². The van der Waals surface area contributed by atoms with Crippen LogP contribution in [-0.4, -0.2) is 28.7 Å². The summed E-state index contributed by atoms with van der Waals surface area (Å²) in [5.74, 6) is 2.34. The first kappa shape index (κ1) is 20.2. The second-order valence-corrected chi connectivity index (χ2v) is 8.31. The number of hydrogen-bond donors (Lipinski definition) is 0. The lowest BCUT2D eigenvalue weighted by Gasteiger charge is -2.06. The molecular weight excluding hydrogens is 418 g/mol. The molecule has 0 N–H and O–H groups in total. The minimum atomic E-state index is 0.599. The lowest BCUT2D eigenvalue weighted by Crippen LogP contribution is -2.02. The highest BCUT2D eigenvalue weighted by molar-refractivity contribution is 7.22. The zero-order chi connectivity index (χ0) is 21.8. The first-order valence-corrected chi connectivity index (χ1v) is 11.1. The Balaban J connectivity index is 1.31. The zero-order valence-electron chi connectivity index (χ0n) is 17.6. The Morgan fingerprint density at radius 1 is 0.844 bits per heavy atom. The topological polar surface area (TPSA) is 57.1 Å². The molecule has 0 aliphatic rings. The van der Waals surface area contributed by atoms with Crippen LogP contribution in [0.5, 0.6) is 11.5 Å². The first-order chi connectivity index (χ1) is 15.8. The van der Waals surface area contributed by atoms with Crippen LogP contribution in [0.4, 0.5) is 0 Å². The molecule has 3 aromatic heterocycles. The summed E-state index contributed by atoms with van der Waals surface area (Å²) in [6, 6.07) is 24.0. The Kier molecular flexibility index (Phi) is 5.77. The highest BCUT2D eigenvalue weighted by Gasteiger charge is 2.09. The molecule has 6 heteroatoms. The van der Waals surface area contributed by atoms with Crippen molar-refractivity contribution in [3.05, 3.63) is 90.9 Å². The van der Waals surface area contributed by atoms with Gasteiger partial charge in [0.15, 0.2) is 5.82 Å². The summed E-state index contributed by atoms with van der Waals surface area (Å²) >= 11 is 1.68. The Hall–Kier alpha value is -3.77. The normalized spacial score (nSPS) is 10.9. The van der Waals surface area contributed by atoms with E-state index in [2.05, 4.69) is 28.2 Å². The second kappa shape index (κ2) is 9.16. The smallest absolute Gasteiger partial charge is 0.159 e. The highest BCUT2D eigenvalue weighted by atomic mass is 32.1. The largest absolute Gasteiger partial charge is 0.497 e. The molecule has 0 saturated heterocycles. The number of nitrogens with zero attached hydrogens (tertiary/aromatic N) is 3. The van der Waals surface area contributed by atoms with Crippen LogP contribution in [0.15, 0.2) is 85.2 Å². The molecule has 0 fully saturated rings. The predicted octanol–water partition coefficient (Wildman–Crippen LogP) is 6.05. The van der Waals surface area contributed by atoms with Crippen molar-refractivity contribution in [3.63, 3.8) is 0 Å². The average molecular weight is 440 g/mol. The predicted molar refractivity (Wildman–Crippen MR) is 128 cm³/mol. The minimum absolute atomic E-state index is 0.599. The molecule has 0 unspecified atom stereocenters. The number of fused-ring (bicyclic) bond motifs is 1. The van der Waals surface area contributed by atoms with E-state index in [0.29, 0.717) is 12.4 Å². The molecule has 0 bridgehead atoms. The molecule has 32 heavy (non-hydrogen) atoms. The molecule has 0 aliphatic carbocycles. The van der Waals surface area contributed by atoms with Gasteiger partial charge in [0.05, 0.1) is 23.9 Å². The molecule has 0 atom stereocenters. The summed E-state index contributed by atoms with van der Waals surface area (Å²) in [5.41, 5.74) is 4.04. The van der Waals surface area contributed by atoms with Crippen LogP contribution in [-0.2, 0) is 6.42 Å². The molecule has 5 aromatic rings. The van der Waals surface area contributed by atoms with Crippen molar-refractivity contribution >= 4 is 21.6 Å². The van der Waals surface area contributed by atoms with Crippen molar-refractivity contribution in [1.82, 2.24) is 15.0 Å². The molecule has 0 saturated carbocycles. The Morgan fingerprint density at radius 3 is 2.56 bits per heavy atom. The fraction of sp³-hybridized carbons (Fsp3) is 0.115. The van der Waals surface area contributed by atoms with Crippen LogP contribution in [0.2, 0.25) is 0 Å². The molecule has 0 amide bonds. The van der Waals surface area contributed by atoms with Crippen LogP contribution in [0, 0.1) is 0 Å². The van der Waals surface area contributed by atoms with E-state index in [1.165, 1.54) is 0 Å². The van der Waals surface area contributed by atoms with Gasteiger partial charge in [-0.05, 0) is 60.2 Å². The van der Waals surface area contributed by atoms with Crippen molar-refractivity contribution in [2.75, 3.05) is 13.7 Å². The number of ether oxygens (including phenoxy) is 2.